The van der Waals surface area contributed by atoms with Crippen LogP contribution in [0.15, 0.2) is 42.5 Å². The molecule has 2 aromatic carbocycles. The summed E-state index contributed by atoms with van der Waals surface area (Å²) in [6, 6.07) is 12.0. The molecule has 0 spiro atoms. The molecule has 16 heavy (non-hydrogen) atoms. The van der Waals surface area contributed by atoms with Crippen LogP contribution in [0, 0.1) is 0 Å². The zero-order valence-corrected chi connectivity index (χ0v) is 8.44. The first-order chi connectivity index (χ1) is 7.66. The first-order valence-corrected chi connectivity index (χ1v) is 4.76. The van der Waals surface area contributed by atoms with Crippen molar-refractivity contribution in [3.8, 4) is 0 Å². The fourth-order valence-electron chi connectivity index (χ4n) is 1.51. The number of rotatable bonds is 1. The number of nitrogens with two attached hydrogens (primary N) is 1. The van der Waals surface area contributed by atoms with Crippen LogP contribution < -0.4 is 11.1 Å². The summed E-state index contributed by atoms with van der Waals surface area (Å²) in [6.45, 7) is 0. The highest BCUT2D eigenvalue weighted by Gasteiger charge is 2.07. The van der Waals surface area contributed by atoms with E-state index in [-0.39, 0.29) is 0 Å². The largest absolute Gasteiger partial charge is 0.351 e. The van der Waals surface area contributed by atoms with Crippen molar-refractivity contribution in [1.29, 1.82) is 0 Å². The number of hydrogen-bond donors (Lipinski definition) is 2. The molecule has 0 saturated carbocycles. The first kappa shape index (κ1) is 10.2. The van der Waals surface area contributed by atoms with Gasteiger partial charge >= 0.3 is 6.03 Å². The second-order valence-corrected chi connectivity index (χ2v) is 3.38. The van der Waals surface area contributed by atoms with Gasteiger partial charge in [0.05, 0.1) is 0 Å². The van der Waals surface area contributed by atoms with E-state index >= 15 is 0 Å². The summed E-state index contributed by atoms with van der Waals surface area (Å²) in [6.07, 6.45) is 0. The molecule has 0 aliphatic rings. The van der Waals surface area contributed by atoms with Crippen LogP contribution in [0.5, 0.6) is 0 Å². The van der Waals surface area contributed by atoms with E-state index in [1.54, 1.807) is 12.1 Å². The molecular formula is C12H10N2O2. The lowest BCUT2D eigenvalue weighted by molar-refractivity contribution is 0.0966. The van der Waals surface area contributed by atoms with Crippen LogP contribution in [0.3, 0.4) is 0 Å². The Hall–Kier alpha value is -2.36. The van der Waals surface area contributed by atoms with Crippen molar-refractivity contribution in [1.82, 2.24) is 5.32 Å². The molecule has 3 amide bonds. The Labute approximate surface area is 92.1 Å². The van der Waals surface area contributed by atoms with E-state index in [9.17, 15) is 9.59 Å². The number of imide groups is 1. The van der Waals surface area contributed by atoms with Gasteiger partial charge in [-0.25, -0.2) is 4.79 Å². The molecule has 2 rings (SSSR count). The molecule has 0 unspecified atom stereocenters. The van der Waals surface area contributed by atoms with Crippen molar-refractivity contribution in [3.63, 3.8) is 0 Å². The highest BCUT2D eigenvalue weighted by Crippen LogP contribution is 2.15. The number of carbonyl (C=O) groups is 2. The van der Waals surface area contributed by atoms with E-state index in [1.165, 1.54) is 0 Å². The standard InChI is InChI=1S/C12H10N2O2/c13-12(16)14-11(15)10-6-5-8-3-1-2-4-9(8)7-10/h1-7H,(H3,13,14,15,16). The first-order valence-electron chi connectivity index (χ1n) is 4.76. The summed E-state index contributed by atoms with van der Waals surface area (Å²) in [7, 11) is 0. The van der Waals surface area contributed by atoms with Crippen LogP contribution in [0.2, 0.25) is 0 Å². The van der Waals surface area contributed by atoms with Crippen LogP contribution in [-0.2, 0) is 0 Å². The van der Waals surface area contributed by atoms with Gasteiger partial charge in [0.25, 0.3) is 5.91 Å². The minimum Gasteiger partial charge on any atom is -0.351 e. The second kappa shape index (κ2) is 4.02. The van der Waals surface area contributed by atoms with Gasteiger partial charge in [0, 0.05) is 5.56 Å². The fraction of sp³-hybridized carbons (Fsp3) is 0. The molecule has 2 aromatic rings. The summed E-state index contributed by atoms with van der Waals surface area (Å²) in [5, 5.41) is 4.01. The van der Waals surface area contributed by atoms with E-state index in [1.807, 2.05) is 35.6 Å². The summed E-state index contributed by atoms with van der Waals surface area (Å²) >= 11 is 0. The topological polar surface area (TPSA) is 72.2 Å². The predicted octanol–water partition coefficient (Wildman–Crippen LogP) is 1.65. The lowest BCUT2D eigenvalue weighted by atomic mass is 10.1. The number of hydrogen-bond acceptors (Lipinski definition) is 2. The van der Waals surface area contributed by atoms with Crippen LogP contribution in [-0.4, -0.2) is 11.9 Å². The normalized spacial score (nSPS) is 10.0. The van der Waals surface area contributed by atoms with E-state index in [0.717, 1.165) is 10.8 Å². The van der Waals surface area contributed by atoms with Gasteiger partial charge in [-0.15, -0.1) is 0 Å². The monoisotopic (exact) mass is 214 g/mol. The Balaban J connectivity index is 2.39. The smallest absolute Gasteiger partial charge is 0.319 e. The SMILES string of the molecule is NC(=O)NC(=O)c1ccc2ccccc2c1. The third-order valence-electron chi connectivity index (χ3n) is 2.25. The highest BCUT2D eigenvalue weighted by molar-refractivity contribution is 6.05. The van der Waals surface area contributed by atoms with Crippen molar-refractivity contribution in [2.45, 2.75) is 0 Å². The van der Waals surface area contributed by atoms with Gasteiger partial charge in [-0.1, -0.05) is 30.3 Å². The molecule has 0 heterocycles. The number of urea groups is 1. The van der Waals surface area contributed by atoms with E-state index in [0.29, 0.717) is 5.56 Å². The third-order valence-corrected chi connectivity index (χ3v) is 2.25. The van der Waals surface area contributed by atoms with Crippen molar-refractivity contribution in [2.75, 3.05) is 0 Å². The maximum absolute atomic E-state index is 11.5. The summed E-state index contributed by atoms with van der Waals surface area (Å²) in [4.78, 5) is 22.0. The van der Waals surface area contributed by atoms with Gasteiger partial charge in [0.15, 0.2) is 0 Å². The van der Waals surface area contributed by atoms with Crippen molar-refractivity contribution in [3.05, 3.63) is 48.0 Å². The number of primary amides is 1. The number of fused-ring (bicyclic) bond motifs is 1. The molecule has 0 aliphatic carbocycles. The lowest BCUT2D eigenvalue weighted by Gasteiger charge is -2.02. The van der Waals surface area contributed by atoms with Crippen LogP contribution in [0.1, 0.15) is 10.4 Å². The Morgan fingerprint density at radius 2 is 1.69 bits per heavy atom. The van der Waals surface area contributed by atoms with Crippen molar-refractivity contribution in [2.24, 2.45) is 5.73 Å². The summed E-state index contributed by atoms with van der Waals surface area (Å²) in [5.41, 5.74) is 5.29. The van der Waals surface area contributed by atoms with E-state index in [4.69, 9.17) is 5.73 Å². The van der Waals surface area contributed by atoms with E-state index in [2.05, 4.69) is 0 Å². The van der Waals surface area contributed by atoms with Gasteiger partial charge in [-0.3, -0.25) is 10.1 Å². The van der Waals surface area contributed by atoms with Gasteiger partial charge in [0.2, 0.25) is 0 Å². The van der Waals surface area contributed by atoms with Gasteiger partial charge < -0.3 is 5.73 Å². The molecule has 0 radical (unpaired) electrons. The molecule has 0 fully saturated rings. The van der Waals surface area contributed by atoms with Crippen LogP contribution in [0.25, 0.3) is 10.8 Å². The van der Waals surface area contributed by atoms with Gasteiger partial charge in [-0.2, -0.15) is 0 Å². The molecule has 0 atom stereocenters. The average Bonchev–Trinajstić information content (AvgIpc) is 2.27. The Kier molecular flexibility index (Phi) is 2.55. The number of amides is 3. The summed E-state index contributed by atoms with van der Waals surface area (Å²) < 4.78 is 0. The number of benzene rings is 2. The molecule has 80 valence electrons. The fourth-order valence-corrected chi connectivity index (χ4v) is 1.51. The van der Waals surface area contributed by atoms with E-state index < -0.39 is 11.9 Å². The minimum absolute atomic E-state index is 0.414. The minimum atomic E-state index is -0.849. The second-order valence-electron chi connectivity index (χ2n) is 3.38. The predicted molar refractivity (Wildman–Crippen MR) is 61.0 cm³/mol. The summed E-state index contributed by atoms with van der Waals surface area (Å²) in [5.74, 6) is -0.488. The zero-order chi connectivity index (χ0) is 11.5. The Morgan fingerprint density at radius 3 is 2.38 bits per heavy atom. The molecule has 0 aliphatic heterocycles. The third kappa shape index (κ3) is 2.00. The maximum Gasteiger partial charge on any atom is 0.319 e. The number of carbonyl (C=O) groups excluding carboxylic acids is 2. The van der Waals surface area contributed by atoms with Crippen LogP contribution >= 0.6 is 0 Å². The van der Waals surface area contributed by atoms with Crippen LogP contribution in [0.4, 0.5) is 4.79 Å². The molecule has 4 heteroatoms. The molecule has 0 aromatic heterocycles. The van der Waals surface area contributed by atoms with Crippen molar-refractivity contribution >= 4 is 22.7 Å². The van der Waals surface area contributed by atoms with Crippen molar-refractivity contribution < 1.29 is 9.59 Å². The molecule has 0 saturated heterocycles. The molecule has 0 bridgehead atoms. The molecule has 3 N–H and O–H groups in total. The quantitative estimate of drug-likeness (QED) is 0.757. The number of nitrogens with one attached hydrogen (secondary N) is 1. The Bertz CT molecular complexity index is 564. The lowest BCUT2D eigenvalue weighted by Crippen LogP contribution is -2.34. The Morgan fingerprint density at radius 1 is 1.00 bits per heavy atom. The molecular weight excluding hydrogens is 204 g/mol. The van der Waals surface area contributed by atoms with Gasteiger partial charge in [0.1, 0.15) is 0 Å². The average molecular weight is 214 g/mol. The zero-order valence-electron chi connectivity index (χ0n) is 8.44. The maximum atomic E-state index is 11.5. The highest BCUT2D eigenvalue weighted by atomic mass is 16.2. The molecule has 4 nitrogen and oxygen atoms in total. The van der Waals surface area contributed by atoms with Gasteiger partial charge in [-0.05, 0) is 22.9 Å².